The normalized spacial score (nSPS) is 18.7. The Morgan fingerprint density at radius 3 is 3.05 bits per heavy atom. The summed E-state index contributed by atoms with van der Waals surface area (Å²) in [5.41, 5.74) is 6.75. The zero-order valence-electron chi connectivity index (χ0n) is 11.3. The smallest absolute Gasteiger partial charge is 0.123 e. The lowest BCUT2D eigenvalue weighted by Gasteiger charge is -2.11. The van der Waals surface area contributed by atoms with Gasteiger partial charge in [0.1, 0.15) is 5.75 Å². The third kappa shape index (κ3) is 5.05. The maximum absolute atomic E-state index is 5.78. The van der Waals surface area contributed by atoms with Gasteiger partial charge in [-0.25, -0.2) is 0 Å². The number of hydrogen-bond donors (Lipinski definition) is 1. The Labute approximate surface area is 119 Å². The topological polar surface area (TPSA) is 44.5 Å². The Morgan fingerprint density at radius 1 is 1.37 bits per heavy atom. The van der Waals surface area contributed by atoms with Crippen LogP contribution in [-0.4, -0.2) is 30.8 Å². The molecule has 0 aromatic heterocycles. The summed E-state index contributed by atoms with van der Waals surface area (Å²) >= 11 is 1.97. The van der Waals surface area contributed by atoms with Gasteiger partial charge in [-0.2, -0.15) is 11.8 Å². The third-order valence-corrected chi connectivity index (χ3v) is 4.40. The van der Waals surface area contributed by atoms with E-state index in [1.54, 1.807) is 0 Å². The van der Waals surface area contributed by atoms with Crippen molar-refractivity contribution in [3.05, 3.63) is 29.8 Å². The number of para-hydroxylation sites is 1. The van der Waals surface area contributed by atoms with E-state index in [9.17, 15) is 0 Å². The van der Waals surface area contributed by atoms with Crippen molar-refractivity contribution in [2.45, 2.75) is 31.9 Å². The minimum Gasteiger partial charge on any atom is -0.493 e. The summed E-state index contributed by atoms with van der Waals surface area (Å²) in [6.07, 6.45) is 4.01. The van der Waals surface area contributed by atoms with Gasteiger partial charge in [0, 0.05) is 24.5 Å². The average molecular weight is 281 g/mol. The molecule has 1 atom stereocenters. The second-order valence-electron chi connectivity index (χ2n) is 4.72. The monoisotopic (exact) mass is 281 g/mol. The number of rotatable bonds is 8. The van der Waals surface area contributed by atoms with Gasteiger partial charge in [0.15, 0.2) is 0 Å². The summed E-state index contributed by atoms with van der Waals surface area (Å²) in [5.74, 6) is 3.18. The van der Waals surface area contributed by atoms with Crippen LogP contribution in [0.2, 0.25) is 0 Å². The molecular weight excluding hydrogens is 258 g/mol. The van der Waals surface area contributed by atoms with Gasteiger partial charge in [-0.3, -0.25) is 0 Å². The summed E-state index contributed by atoms with van der Waals surface area (Å²) in [6, 6.07) is 7.98. The highest BCUT2D eigenvalue weighted by atomic mass is 32.2. The molecule has 4 heteroatoms. The van der Waals surface area contributed by atoms with Gasteiger partial charge in [-0.15, -0.1) is 0 Å². The Bertz CT molecular complexity index is 367. The van der Waals surface area contributed by atoms with Gasteiger partial charge in [-0.1, -0.05) is 18.2 Å². The first-order valence-electron chi connectivity index (χ1n) is 7.00. The number of hydrogen-bond acceptors (Lipinski definition) is 4. The molecule has 2 N–H and O–H groups in total. The predicted octanol–water partition coefficient (Wildman–Crippen LogP) is 2.83. The molecule has 0 radical (unpaired) electrons. The van der Waals surface area contributed by atoms with E-state index in [2.05, 4.69) is 0 Å². The molecule has 1 aliphatic rings. The van der Waals surface area contributed by atoms with Crippen LogP contribution in [0.1, 0.15) is 24.8 Å². The number of thioether (sulfide) groups is 1. The molecule has 0 spiro atoms. The molecule has 19 heavy (non-hydrogen) atoms. The van der Waals surface area contributed by atoms with Crippen LogP contribution in [0.3, 0.4) is 0 Å². The lowest BCUT2D eigenvalue weighted by atomic mass is 10.2. The molecule has 2 rings (SSSR count). The minimum atomic E-state index is 0.490. The molecule has 1 heterocycles. The van der Waals surface area contributed by atoms with Crippen molar-refractivity contribution < 1.29 is 9.47 Å². The molecule has 1 aromatic carbocycles. The van der Waals surface area contributed by atoms with Crippen LogP contribution in [0.5, 0.6) is 5.75 Å². The molecule has 0 bridgehead atoms. The first-order chi connectivity index (χ1) is 9.40. The van der Waals surface area contributed by atoms with Crippen molar-refractivity contribution >= 4 is 11.8 Å². The molecule has 0 saturated carbocycles. The van der Waals surface area contributed by atoms with E-state index in [0.29, 0.717) is 12.6 Å². The molecule has 1 unspecified atom stereocenters. The molecule has 1 aliphatic heterocycles. The lowest BCUT2D eigenvalue weighted by Crippen LogP contribution is -2.09. The van der Waals surface area contributed by atoms with E-state index in [4.69, 9.17) is 15.2 Å². The maximum Gasteiger partial charge on any atom is 0.123 e. The van der Waals surface area contributed by atoms with Gasteiger partial charge in [0.2, 0.25) is 0 Å². The van der Waals surface area contributed by atoms with Crippen molar-refractivity contribution in [3.63, 3.8) is 0 Å². The van der Waals surface area contributed by atoms with Crippen LogP contribution in [-0.2, 0) is 11.3 Å². The van der Waals surface area contributed by atoms with Crippen LogP contribution in [0.4, 0.5) is 0 Å². The summed E-state index contributed by atoms with van der Waals surface area (Å²) in [7, 11) is 0. The highest BCUT2D eigenvalue weighted by molar-refractivity contribution is 7.99. The zero-order chi connectivity index (χ0) is 13.3. The van der Waals surface area contributed by atoms with E-state index in [-0.39, 0.29) is 0 Å². The van der Waals surface area contributed by atoms with Crippen molar-refractivity contribution in [2.75, 3.05) is 24.7 Å². The minimum absolute atomic E-state index is 0.490. The van der Waals surface area contributed by atoms with Gasteiger partial charge in [0.05, 0.1) is 12.7 Å². The fourth-order valence-corrected chi connectivity index (χ4v) is 3.16. The van der Waals surface area contributed by atoms with Crippen molar-refractivity contribution in [1.82, 2.24) is 0 Å². The zero-order valence-corrected chi connectivity index (χ0v) is 12.2. The Hall–Kier alpha value is -0.710. The van der Waals surface area contributed by atoms with Crippen LogP contribution in [0.25, 0.3) is 0 Å². The van der Waals surface area contributed by atoms with Crippen molar-refractivity contribution in [3.8, 4) is 5.75 Å². The summed E-state index contributed by atoms with van der Waals surface area (Å²) in [5, 5.41) is 0. The summed E-state index contributed by atoms with van der Waals surface area (Å²) < 4.78 is 11.4. The molecule has 0 aliphatic carbocycles. The fourth-order valence-electron chi connectivity index (χ4n) is 2.15. The molecule has 1 saturated heterocycles. The first kappa shape index (κ1) is 14.7. The van der Waals surface area contributed by atoms with E-state index >= 15 is 0 Å². The van der Waals surface area contributed by atoms with Crippen LogP contribution >= 0.6 is 11.8 Å². The van der Waals surface area contributed by atoms with Gasteiger partial charge in [0.25, 0.3) is 0 Å². The number of ether oxygens (including phenoxy) is 2. The molecule has 1 fully saturated rings. The van der Waals surface area contributed by atoms with Crippen LogP contribution in [0, 0.1) is 0 Å². The molecule has 3 nitrogen and oxygen atoms in total. The highest BCUT2D eigenvalue weighted by Crippen LogP contribution is 2.19. The Kier molecular flexibility index (Phi) is 6.54. The largest absolute Gasteiger partial charge is 0.493 e. The second-order valence-corrected chi connectivity index (χ2v) is 5.87. The van der Waals surface area contributed by atoms with E-state index in [1.807, 2.05) is 36.0 Å². The number of nitrogens with two attached hydrogens (primary N) is 1. The van der Waals surface area contributed by atoms with Crippen LogP contribution in [0.15, 0.2) is 24.3 Å². The third-order valence-electron chi connectivity index (χ3n) is 3.21. The van der Waals surface area contributed by atoms with Gasteiger partial charge >= 0.3 is 0 Å². The summed E-state index contributed by atoms with van der Waals surface area (Å²) in [6.45, 7) is 2.24. The SMILES string of the molecule is NCc1ccccc1OCCCSCC1CCCO1. The lowest BCUT2D eigenvalue weighted by molar-refractivity contribution is 0.129. The number of benzene rings is 1. The molecule has 0 amide bonds. The van der Waals surface area contributed by atoms with Crippen molar-refractivity contribution in [2.24, 2.45) is 5.73 Å². The second kappa shape index (κ2) is 8.46. The fraction of sp³-hybridized carbons (Fsp3) is 0.600. The van der Waals surface area contributed by atoms with Crippen LogP contribution < -0.4 is 10.5 Å². The molecule has 1 aromatic rings. The Balaban J connectivity index is 1.56. The molecular formula is C15H23NO2S. The average Bonchev–Trinajstić information content (AvgIpc) is 2.96. The molecule has 106 valence electrons. The Morgan fingerprint density at radius 2 is 2.26 bits per heavy atom. The standard InChI is InChI=1S/C15H23NO2S/c16-11-13-5-1-2-7-15(13)18-9-4-10-19-12-14-6-3-8-17-14/h1-2,5,7,14H,3-4,6,8-12,16H2. The highest BCUT2D eigenvalue weighted by Gasteiger charge is 2.14. The van der Waals surface area contributed by atoms with E-state index in [1.165, 1.54) is 12.8 Å². The van der Waals surface area contributed by atoms with Crippen molar-refractivity contribution in [1.29, 1.82) is 0 Å². The van der Waals surface area contributed by atoms with Gasteiger partial charge in [-0.05, 0) is 31.1 Å². The van der Waals surface area contributed by atoms with E-state index < -0.39 is 0 Å². The first-order valence-corrected chi connectivity index (χ1v) is 8.15. The van der Waals surface area contributed by atoms with Gasteiger partial charge < -0.3 is 15.2 Å². The van der Waals surface area contributed by atoms with E-state index in [0.717, 1.165) is 42.5 Å². The quantitative estimate of drug-likeness (QED) is 0.744. The summed E-state index contributed by atoms with van der Waals surface area (Å²) in [4.78, 5) is 0. The maximum atomic E-state index is 5.78. The predicted molar refractivity (Wildman–Crippen MR) is 80.7 cm³/mol.